The standard InChI is InChI=1S/C8H7FN4.ClH/c9-6-3-5(13-10)4-7-8(6)12-2-1-11-7;/h1-4,13H,10H2;1H. The van der Waals surface area contributed by atoms with E-state index in [0.717, 1.165) is 0 Å². The van der Waals surface area contributed by atoms with Gasteiger partial charge in [0.05, 0.1) is 11.2 Å². The normalized spacial score (nSPS) is 9.57. The molecule has 1 aromatic heterocycles. The van der Waals surface area contributed by atoms with E-state index in [1.54, 1.807) is 6.07 Å². The van der Waals surface area contributed by atoms with Crippen LogP contribution in [0.5, 0.6) is 0 Å². The molecule has 2 aromatic rings. The lowest BCUT2D eigenvalue weighted by atomic mass is 10.2. The highest BCUT2D eigenvalue weighted by molar-refractivity contribution is 5.85. The van der Waals surface area contributed by atoms with Crippen LogP contribution in [-0.2, 0) is 0 Å². The highest BCUT2D eigenvalue weighted by atomic mass is 35.5. The Balaban J connectivity index is 0.000000980. The number of nitrogens with zero attached hydrogens (tertiary/aromatic N) is 2. The van der Waals surface area contributed by atoms with Crippen molar-refractivity contribution in [3.8, 4) is 0 Å². The number of benzene rings is 1. The molecule has 0 aliphatic carbocycles. The van der Waals surface area contributed by atoms with E-state index in [-0.39, 0.29) is 17.9 Å². The van der Waals surface area contributed by atoms with E-state index in [1.807, 2.05) is 0 Å². The van der Waals surface area contributed by atoms with Crippen LogP contribution in [0.3, 0.4) is 0 Å². The number of anilines is 1. The lowest BCUT2D eigenvalue weighted by molar-refractivity contribution is 0.637. The third-order valence-corrected chi connectivity index (χ3v) is 1.69. The second kappa shape index (κ2) is 4.17. The molecule has 4 nitrogen and oxygen atoms in total. The van der Waals surface area contributed by atoms with Crippen molar-refractivity contribution in [2.45, 2.75) is 0 Å². The number of aromatic nitrogens is 2. The molecule has 0 bridgehead atoms. The molecule has 0 radical (unpaired) electrons. The second-order valence-electron chi connectivity index (χ2n) is 2.53. The first-order chi connectivity index (χ1) is 6.31. The fourth-order valence-corrected chi connectivity index (χ4v) is 1.12. The summed E-state index contributed by atoms with van der Waals surface area (Å²) in [6.07, 6.45) is 2.95. The van der Waals surface area contributed by atoms with Crippen molar-refractivity contribution in [2.24, 2.45) is 5.84 Å². The summed E-state index contributed by atoms with van der Waals surface area (Å²) in [7, 11) is 0. The summed E-state index contributed by atoms with van der Waals surface area (Å²) in [5.41, 5.74) is 3.56. The van der Waals surface area contributed by atoms with Gasteiger partial charge in [0.1, 0.15) is 5.52 Å². The molecule has 0 spiro atoms. The van der Waals surface area contributed by atoms with Crippen LogP contribution in [0.2, 0.25) is 0 Å². The minimum absolute atomic E-state index is 0. The van der Waals surface area contributed by atoms with Gasteiger partial charge < -0.3 is 5.43 Å². The highest BCUT2D eigenvalue weighted by Crippen LogP contribution is 2.17. The largest absolute Gasteiger partial charge is 0.324 e. The SMILES string of the molecule is Cl.NNc1cc(F)c2nccnc2c1. The molecule has 3 N–H and O–H groups in total. The average molecular weight is 215 g/mol. The van der Waals surface area contributed by atoms with Crippen LogP contribution in [0.15, 0.2) is 24.5 Å². The molecule has 0 aliphatic heterocycles. The predicted octanol–water partition coefficient (Wildman–Crippen LogP) is 1.48. The van der Waals surface area contributed by atoms with Crippen molar-refractivity contribution in [3.63, 3.8) is 0 Å². The molecule has 0 fully saturated rings. The van der Waals surface area contributed by atoms with Crippen LogP contribution in [-0.4, -0.2) is 9.97 Å². The maximum absolute atomic E-state index is 13.2. The van der Waals surface area contributed by atoms with Gasteiger partial charge in [0.2, 0.25) is 0 Å². The Labute approximate surface area is 85.7 Å². The van der Waals surface area contributed by atoms with Gasteiger partial charge in [-0.3, -0.25) is 10.8 Å². The summed E-state index contributed by atoms with van der Waals surface area (Å²) >= 11 is 0. The van der Waals surface area contributed by atoms with E-state index in [2.05, 4.69) is 15.4 Å². The zero-order valence-corrected chi connectivity index (χ0v) is 7.88. The van der Waals surface area contributed by atoms with Crippen LogP contribution in [0.4, 0.5) is 10.1 Å². The number of nitrogens with two attached hydrogens (primary N) is 1. The Morgan fingerprint density at radius 3 is 2.64 bits per heavy atom. The molecule has 0 saturated carbocycles. The van der Waals surface area contributed by atoms with Gasteiger partial charge in [-0.1, -0.05) is 0 Å². The Kier molecular flexibility index (Phi) is 3.16. The minimum Gasteiger partial charge on any atom is -0.324 e. The predicted molar refractivity (Wildman–Crippen MR) is 54.6 cm³/mol. The van der Waals surface area contributed by atoms with Gasteiger partial charge in [-0.15, -0.1) is 12.4 Å². The molecule has 1 heterocycles. The fraction of sp³-hybridized carbons (Fsp3) is 0. The van der Waals surface area contributed by atoms with Crippen molar-refractivity contribution in [1.82, 2.24) is 9.97 Å². The van der Waals surface area contributed by atoms with Crippen LogP contribution in [0.25, 0.3) is 11.0 Å². The van der Waals surface area contributed by atoms with Crippen molar-refractivity contribution in [1.29, 1.82) is 0 Å². The van der Waals surface area contributed by atoms with Gasteiger partial charge in [0, 0.05) is 18.5 Å². The molecular formula is C8H8ClFN4. The lowest BCUT2D eigenvalue weighted by Crippen LogP contribution is -2.07. The molecule has 0 atom stereocenters. The van der Waals surface area contributed by atoms with E-state index in [4.69, 9.17) is 5.84 Å². The maximum Gasteiger partial charge on any atom is 0.153 e. The van der Waals surface area contributed by atoms with Gasteiger partial charge in [-0.2, -0.15) is 0 Å². The highest BCUT2D eigenvalue weighted by Gasteiger charge is 2.03. The number of hydrazine groups is 1. The molecule has 0 amide bonds. The molecule has 6 heteroatoms. The Bertz CT molecular complexity index is 448. The number of hydrogen-bond acceptors (Lipinski definition) is 4. The number of hydrogen-bond donors (Lipinski definition) is 2. The molecule has 2 rings (SSSR count). The number of nitrogens with one attached hydrogen (secondary N) is 1. The van der Waals surface area contributed by atoms with E-state index in [9.17, 15) is 4.39 Å². The van der Waals surface area contributed by atoms with Crippen molar-refractivity contribution >= 4 is 29.1 Å². The Morgan fingerprint density at radius 2 is 1.93 bits per heavy atom. The number of nitrogen functional groups attached to an aromatic ring is 1. The van der Waals surface area contributed by atoms with Gasteiger partial charge >= 0.3 is 0 Å². The quantitative estimate of drug-likeness (QED) is 0.558. The Hall–Kier alpha value is -1.46. The van der Waals surface area contributed by atoms with Gasteiger partial charge in [0.15, 0.2) is 5.82 Å². The van der Waals surface area contributed by atoms with Crippen LogP contribution in [0, 0.1) is 5.82 Å². The van der Waals surface area contributed by atoms with Crippen molar-refractivity contribution in [3.05, 3.63) is 30.3 Å². The molecule has 0 aliphatic rings. The zero-order chi connectivity index (χ0) is 9.26. The molecule has 14 heavy (non-hydrogen) atoms. The topological polar surface area (TPSA) is 63.8 Å². The first kappa shape index (κ1) is 10.6. The first-order valence-electron chi connectivity index (χ1n) is 3.68. The average Bonchev–Trinajstić information content (AvgIpc) is 2.18. The van der Waals surface area contributed by atoms with E-state index in [0.29, 0.717) is 11.2 Å². The first-order valence-corrected chi connectivity index (χ1v) is 3.68. The fourth-order valence-electron chi connectivity index (χ4n) is 1.12. The van der Waals surface area contributed by atoms with Crippen molar-refractivity contribution < 1.29 is 4.39 Å². The van der Waals surface area contributed by atoms with Gasteiger partial charge in [0.25, 0.3) is 0 Å². The molecular weight excluding hydrogens is 207 g/mol. The number of halogens is 2. The Morgan fingerprint density at radius 1 is 1.21 bits per heavy atom. The summed E-state index contributed by atoms with van der Waals surface area (Å²) < 4.78 is 13.2. The maximum atomic E-state index is 13.2. The summed E-state index contributed by atoms with van der Waals surface area (Å²) in [5, 5.41) is 0. The van der Waals surface area contributed by atoms with Crippen LogP contribution in [0.1, 0.15) is 0 Å². The summed E-state index contributed by atoms with van der Waals surface area (Å²) in [4.78, 5) is 7.80. The second-order valence-corrected chi connectivity index (χ2v) is 2.53. The van der Waals surface area contributed by atoms with E-state index >= 15 is 0 Å². The third kappa shape index (κ3) is 1.73. The molecule has 0 saturated heterocycles. The number of fused-ring (bicyclic) bond motifs is 1. The van der Waals surface area contributed by atoms with Crippen LogP contribution >= 0.6 is 12.4 Å². The van der Waals surface area contributed by atoms with Crippen LogP contribution < -0.4 is 11.3 Å². The number of rotatable bonds is 1. The van der Waals surface area contributed by atoms with Gasteiger partial charge in [-0.05, 0) is 6.07 Å². The van der Waals surface area contributed by atoms with E-state index in [1.165, 1.54) is 18.5 Å². The summed E-state index contributed by atoms with van der Waals surface area (Å²) in [6, 6.07) is 2.91. The zero-order valence-electron chi connectivity index (χ0n) is 7.07. The van der Waals surface area contributed by atoms with Crippen molar-refractivity contribution in [2.75, 3.05) is 5.43 Å². The molecule has 74 valence electrons. The smallest absolute Gasteiger partial charge is 0.153 e. The molecule has 1 aromatic carbocycles. The third-order valence-electron chi connectivity index (χ3n) is 1.69. The van der Waals surface area contributed by atoms with Gasteiger partial charge in [-0.25, -0.2) is 9.37 Å². The van der Waals surface area contributed by atoms with E-state index < -0.39 is 5.82 Å². The lowest BCUT2D eigenvalue weighted by Gasteiger charge is -2.01. The monoisotopic (exact) mass is 214 g/mol. The molecule has 0 unspecified atom stereocenters. The summed E-state index contributed by atoms with van der Waals surface area (Å²) in [6.45, 7) is 0. The summed E-state index contributed by atoms with van der Waals surface area (Å²) in [5.74, 6) is 4.71. The minimum atomic E-state index is -0.432.